The van der Waals surface area contributed by atoms with Crippen LogP contribution >= 0.6 is 0 Å². The van der Waals surface area contributed by atoms with Crippen molar-refractivity contribution in [1.82, 2.24) is 5.32 Å². The van der Waals surface area contributed by atoms with Crippen LogP contribution in [0.1, 0.15) is 17.2 Å². The molecule has 0 radical (unpaired) electrons. The molecule has 1 heterocycles. The van der Waals surface area contributed by atoms with Crippen molar-refractivity contribution in [2.75, 3.05) is 0 Å². The summed E-state index contributed by atoms with van der Waals surface area (Å²) >= 11 is 0. The van der Waals surface area contributed by atoms with Gasteiger partial charge in [0.1, 0.15) is 12.1 Å². The van der Waals surface area contributed by atoms with E-state index in [1.54, 1.807) is 0 Å². The molecule has 0 saturated carbocycles. The predicted molar refractivity (Wildman–Crippen MR) is 53.9 cm³/mol. The van der Waals surface area contributed by atoms with Gasteiger partial charge in [-0.05, 0) is 11.1 Å². The Morgan fingerprint density at radius 2 is 2.33 bits per heavy atom. The van der Waals surface area contributed by atoms with Gasteiger partial charge >= 0.3 is 0 Å². The molecule has 0 amide bonds. The van der Waals surface area contributed by atoms with E-state index in [0.717, 1.165) is 6.42 Å². The molecule has 15 heavy (non-hydrogen) atoms. The highest BCUT2D eigenvalue weighted by Crippen LogP contribution is 2.39. The molecule has 0 bridgehead atoms. The van der Waals surface area contributed by atoms with Crippen molar-refractivity contribution in [3.8, 4) is 6.19 Å². The molecule has 2 atom stereocenters. The molecule has 0 saturated heterocycles. The molecule has 4 nitrogen and oxygen atoms in total. The highest BCUT2D eigenvalue weighted by Gasteiger charge is 2.39. The maximum Gasteiger partial charge on any atom is 0.299 e. The van der Waals surface area contributed by atoms with Gasteiger partial charge in [0.25, 0.3) is 6.02 Å². The van der Waals surface area contributed by atoms with Gasteiger partial charge in [-0.3, -0.25) is 0 Å². The first-order valence-electron chi connectivity index (χ1n) is 4.86. The lowest BCUT2D eigenvalue weighted by molar-refractivity contribution is 0.200. The summed E-state index contributed by atoms with van der Waals surface area (Å²) in [6.45, 7) is 0. The number of hydrogen-bond donors (Lipinski definition) is 1. The van der Waals surface area contributed by atoms with Crippen LogP contribution in [-0.4, -0.2) is 12.1 Å². The maximum atomic E-state index is 8.46. The smallest absolute Gasteiger partial charge is 0.299 e. The molecule has 1 aliphatic heterocycles. The lowest BCUT2D eigenvalue weighted by Gasteiger charge is -2.06. The van der Waals surface area contributed by atoms with E-state index in [1.165, 1.54) is 11.1 Å². The summed E-state index contributed by atoms with van der Waals surface area (Å²) in [7, 11) is 0. The van der Waals surface area contributed by atoms with Gasteiger partial charge in [-0.25, -0.2) is 10.3 Å². The van der Waals surface area contributed by atoms with E-state index < -0.39 is 0 Å². The fraction of sp³-hybridized carbons (Fsp3) is 0.273. The number of ether oxygens (including phenoxy) is 1. The van der Waals surface area contributed by atoms with Crippen molar-refractivity contribution >= 4 is 6.02 Å². The topological polar surface area (TPSA) is 57.4 Å². The molecule has 0 fully saturated rings. The lowest BCUT2D eigenvalue weighted by Crippen LogP contribution is -2.21. The van der Waals surface area contributed by atoms with E-state index in [4.69, 9.17) is 10.00 Å². The minimum absolute atomic E-state index is 0.0667. The summed E-state index contributed by atoms with van der Waals surface area (Å²) in [5.41, 5.74) is 2.52. The molecule has 74 valence electrons. The zero-order chi connectivity index (χ0) is 10.3. The first kappa shape index (κ1) is 8.30. The third-order valence-electron chi connectivity index (χ3n) is 2.83. The van der Waals surface area contributed by atoms with E-state index in [0.29, 0.717) is 6.02 Å². The van der Waals surface area contributed by atoms with Crippen LogP contribution in [-0.2, 0) is 11.2 Å². The Bertz CT molecular complexity index is 475. The summed E-state index contributed by atoms with van der Waals surface area (Å²) in [5.74, 6) is 0. The van der Waals surface area contributed by atoms with Gasteiger partial charge in [0, 0.05) is 6.42 Å². The van der Waals surface area contributed by atoms with Crippen molar-refractivity contribution in [1.29, 1.82) is 5.26 Å². The van der Waals surface area contributed by atoms with Crippen LogP contribution < -0.4 is 5.32 Å². The second-order valence-electron chi connectivity index (χ2n) is 3.68. The number of aliphatic imine (C=N–C) groups is 1. The Balaban J connectivity index is 1.95. The van der Waals surface area contributed by atoms with Crippen molar-refractivity contribution in [3.63, 3.8) is 0 Å². The lowest BCUT2D eigenvalue weighted by atomic mass is 10.1. The molecule has 1 N–H and O–H groups in total. The zero-order valence-corrected chi connectivity index (χ0v) is 7.97. The van der Waals surface area contributed by atoms with Crippen molar-refractivity contribution < 1.29 is 4.74 Å². The van der Waals surface area contributed by atoms with Gasteiger partial charge in [0.15, 0.2) is 6.19 Å². The van der Waals surface area contributed by atoms with Gasteiger partial charge in [-0.2, -0.15) is 5.26 Å². The molecule has 1 aromatic rings. The molecule has 0 aromatic heterocycles. The second-order valence-corrected chi connectivity index (χ2v) is 3.68. The van der Waals surface area contributed by atoms with Crippen molar-refractivity contribution in [2.45, 2.75) is 18.6 Å². The van der Waals surface area contributed by atoms with Gasteiger partial charge in [0.2, 0.25) is 0 Å². The van der Waals surface area contributed by atoms with E-state index in [2.05, 4.69) is 22.4 Å². The van der Waals surface area contributed by atoms with Crippen LogP contribution in [0.25, 0.3) is 0 Å². The van der Waals surface area contributed by atoms with Gasteiger partial charge in [-0.15, -0.1) is 0 Å². The summed E-state index contributed by atoms with van der Waals surface area (Å²) in [6, 6.07) is 8.62. The molecule has 1 aromatic carbocycles. The number of nitrogens with zero attached hydrogens (tertiary/aromatic N) is 2. The molecule has 2 aliphatic rings. The molecule has 0 unspecified atom stereocenters. The van der Waals surface area contributed by atoms with Crippen molar-refractivity contribution in [3.05, 3.63) is 35.4 Å². The number of nitrogens with one attached hydrogen (secondary N) is 1. The second kappa shape index (κ2) is 2.99. The highest BCUT2D eigenvalue weighted by atomic mass is 16.5. The third kappa shape index (κ3) is 1.17. The Morgan fingerprint density at radius 3 is 3.20 bits per heavy atom. The van der Waals surface area contributed by atoms with E-state index in [1.807, 2.05) is 18.3 Å². The average Bonchev–Trinajstić information content (AvgIpc) is 2.75. The number of hydrogen-bond acceptors (Lipinski definition) is 4. The van der Waals surface area contributed by atoms with Crippen LogP contribution in [0.3, 0.4) is 0 Å². The Morgan fingerprint density at radius 1 is 1.47 bits per heavy atom. The number of amidine groups is 1. The summed E-state index contributed by atoms with van der Waals surface area (Å²) in [6.07, 6.45) is 2.76. The fourth-order valence-electron chi connectivity index (χ4n) is 2.21. The first-order valence-corrected chi connectivity index (χ1v) is 4.86. The highest BCUT2D eigenvalue weighted by molar-refractivity contribution is 5.77. The number of rotatable bonds is 0. The van der Waals surface area contributed by atoms with Crippen LogP contribution in [0.2, 0.25) is 0 Å². The molecule has 3 rings (SSSR count). The normalized spacial score (nSPS) is 25.9. The molecule has 4 heteroatoms. The van der Waals surface area contributed by atoms with Crippen LogP contribution in [0.4, 0.5) is 0 Å². The summed E-state index contributed by atoms with van der Waals surface area (Å²) in [5, 5.41) is 10.9. The Kier molecular flexibility index (Phi) is 1.65. The van der Waals surface area contributed by atoms with Crippen LogP contribution in [0.15, 0.2) is 29.3 Å². The van der Waals surface area contributed by atoms with Crippen molar-refractivity contribution in [2.24, 2.45) is 4.99 Å². The van der Waals surface area contributed by atoms with Gasteiger partial charge < -0.3 is 4.74 Å². The summed E-state index contributed by atoms with van der Waals surface area (Å²) in [4.78, 5) is 4.34. The van der Waals surface area contributed by atoms with E-state index in [-0.39, 0.29) is 12.1 Å². The number of fused-ring (bicyclic) bond motifs is 3. The van der Waals surface area contributed by atoms with Crippen LogP contribution in [0.5, 0.6) is 0 Å². The Labute approximate surface area is 87.2 Å². The quantitative estimate of drug-likeness (QED) is 0.503. The standard InChI is InChI=1S/C11H9N3O/c12-6-13-11-14-10-8-4-2-1-3-7(8)5-9(10)15-11/h1-4,9-10H,5H2,(H,13,14)/t9-,10+/m1/s1. The molecule has 1 aliphatic carbocycles. The van der Waals surface area contributed by atoms with E-state index in [9.17, 15) is 0 Å². The predicted octanol–water partition coefficient (Wildman–Crippen LogP) is 1.11. The Hall–Kier alpha value is -2.02. The SMILES string of the molecule is N#CNC1=N[C@H]2c3ccccc3C[C@H]2O1. The summed E-state index contributed by atoms with van der Waals surface area (Å²) < 4.78 is 5.52. The minimum Gasteiger partial charge on any atom is -0.458 e. The minimum atomic E-state index is 0.0667. The molecular formula is C11H9N3O. The average molecular weight is 199 g/mol. The van der Waals surface area contributed by atoms with Gasteiger partial charge in [-0.1, -0.05) is 24.3 Å². The number of nitriles is 1. The largest absolute Gasteiger partial charge is 0.458 e. The number of benzene rings is 1. The van der Waals surface area contributed by atoms with Gasteiger partial charge in [0.05, 0.1) is 0 Å². The molecule has 0 spiro atoms. The fourth-order valence-corrected chi connectivity index (χ4v) is 2.21. The maximum absolute atomic E-state index is 8.46. The van der Waals surface area contributed by atoms with E-state index >= 15 is 0 Å². The first-order chi connectivity index (χ1) is 7.38. The monoisotopic (exact) mass is 199 g/mol. The zero-order valence-electron chi connectivity index (χ0n) is 7.97. The molecular weight excluding hydrogens is 190 g/mol. The van der Waals surface area contributed by atoms with Crippen LogP contribution in [0, 0.1) is 11.5 Å². The third-order valence-corrected chi connectivity index (χ3v) is 2.83.